The maximum atomic E-state index is 4.73. The second kappa shape index (κ2) is 4.03. The van der Waals surface area contributed by atoms with Crippen molar-refractivity contribution in [2.45, 2.75) is 32.7 Å². The van der Waals surface area contributed by atoms with Gasteiger partial charge in [-0.05, 0) is 36.9 Å². The minimum Gasteiger partial charge on any atom is -0.307 e. The normalized spacial score (nSPS) is 24.0. The Kier molecular flexibility index (Phi) is 2.64. The lowest BCUT2D eigenvalue weighted by atomic mass is 9.78. The van der Waals surface area contributed by atoms with Crippen molar-refractivity contribution in [3.8, 4) is 0 Å². The lowest BCUT2D eigenvalue weighted by Crippen LogP contribution is -2.39. The number of piperidine rings is 1. The summed E-state index contributed by atoms with van der Waals surface area (Å²) in [5.41, 5.74) is 1.31. The van der Waals surface area contributed by atoms with Crippen molar-refractivity contribution in [3.05, 3.63) is 23.3 Å². The van der Waals surface area contributed by atoms with Gasteiger partial charge in [-0.3, -0.25) is 0 Å². The van der Waals surface area contributed by atoms with Gasteiger partial charge < -0.3 is 5.32 Å². The Hall–Kier alpha value is -1.00. The Labute approximate surface area is 105 Å². The largest absolute Gasteiger partial charge is 0.307 e. The fourth-order valence-corrected chi connectivity index (χ4v) is 3.74. The summed E-state index contributed by atoms with van der Waals surface area (Å²) in [7, 11) is 0. The van der Waals surface area contributed by atoms with Crippen LogP contribution < -0.4 is 5.32 Å². The number of hydrogen-bond donors (Lipinski definition) is 1. The van der Waals surface area contributed by atoms with E-state index in [1.165, 1.54) is 17.8 Å². The van der Waals surface area contributed by atoms with E-state index in [4.69, 9.17) is 4.98 Å². The number of fused-ring (bicyclic) bond motifs is 1. The molecule has 2 aromatic heterocycles. The van der Waals surface area contributed by atoms with Crippen molar-refractivity contribution < 1.29 is 0 Å². The summed E-state index contributed by atoms with van der Waals surface area (Å²) in [5, 5.41) is 4.79. The van der Waals surface area contributed by atoms with Gasteiger partial charge in [-0.15, -0.1) is 0 Å². The minimum absolute atomic E-state index is 0.284. The predicted molar refractivity (Wildman–Crippen MR) is 71.2 cm³/mol. The third-order valence-electron chi connectivity index (χ3n) is 3.56. The van der Waals surface area contributed by atoms with Crippen LogP contribution in [0.15, 0.2) is 18.3 Å². The molecule has 3 nitrogen and oxygen atoms in total. The molecular weight excluding hydrogens is 230 g/mol. The molecule has 3 rings (SSSR count). The molecular formula is C13H17N3S. The monoisotopic (exact) mass is 247 g/mol. The van der Waals surface area contributed by atoms with Crippen molar-refractivity contribution in [1.82, 2.24) is 15.3 Å². The Balaban J connectivity index is 2.02. The van der Waals surface area contributed by atoms with Gasteiger partial charge in [0.25, 0.3) is 0 Å². The second-order valence-electron chi connectivity index (χ2n) is 5.36. The minimum atomic E-state index is 0.284. The molecule has 1 unspecified atom stereocenters. The first-order chi connectivity index (χ1) is 8.17. The zero-order chi connectivity index (χ0) is 11.9. The van der Waals surface area contributed by atoms with Crippen LogP contribution in [0.3, 0.4) is 0 Å². The van der Waals surface area contributed by atoms with E-state index in [9.17, 15) is 0 Å². The Morgan fingerprint density at radius 2 is 2.35 bits per heavy atom. The molecule has 0 aliphatic carbocycles. The van der Waals surface area contributed by atoms with Gasteiger partial charge in [-0.25, -0.2) is 9.97 Å². The van der Waals surface area contributed by atoms with E-state index < -0.39 is 0 Å². The zero-order valence-corrected chi connectivity index (χ0v) is 11.0. The zero-order valence-electron chi connectivity index (χ0n) is 10.2. The average molecular weight is 247 g/mol. The molecule has 90 valence electrons. The van der Waals surface area contributed by atoms with E-state index in [0.29, 0.717) is 6.04 Å². The fraction of sp³-hybridized carbons (Fsp3) is 0.538. The van der Waals surface area contributed by atoms with Gasteiger partial charge in [-0.1, -0.05) is 25.2 Å². The summed E-state index contributed by atoms with van der Waals surface area (Å²) in [6.07, 6.45) is 4.35. The van der Waals surface area contributed by atoms with Crippen LogP contribution in [0.25, 0.3) is 10.3 Å². The van der Waals surface area contributed by atoms with Crippen LogP contribution in [0.1, 0.15) is 37.7 Å². The SMILES string of the molecule is CC1(C)CCCNC1c1nc2cccnc2s1. The smallest absolute Gasteiger partial charge is 0.143 e. The van der Waals surface area contributed by atoms with E-state index >= 15 is 0 Å². The number of aromatic nitrogens is 2. The van der Waals surface area contributed by atoms with Gasteiger partial charge in [0, 0.05) is 6.20 Å². The van der Waals surface area contributed by atoms with Crippen LogP contribution in [0.5, 0.6) is 0 Å². The predicted octanol–water partition coefficient (Wildman–Crippen LogP) is 3.14. The molecule has 0 bridgehead atoms. The molecule has 0 saturated carbocycles. The van der Waals surface area contributed by atoms with Crippen LogP contribution in [-0.4, -0.2) is 16.5 Å². The molecule has 0 spiro atoms. The summed E-state index contributed by atoms with van der Waals surface area (Å²) in [6.45, 7) is 5.74. The topological polar surface area (TPSA) is 37.8 Å². The molecule has 1 saturated heterocycles. The van der Waals surface area contributed by atoms with E-state index in [-0.39, 0.29) is 5.41 Å². The van der Waals surface area contributed by atoms with Crippen LogP contribution in [0, 0.1) is 5.41 Å². The molecule has 3 heterocycles. The molecule has 0 amide bonds. The Morgan fingerprint density at radius 1 is 1.47 bits per heavy atom. The summed E-state index contributed by atoms with van der Waals surface area (Å²) in [6, 6.07) is 4.36. The second-order valence-corrected chi connectivity index (χ2v) is 6.37. The van der Waals surface area contributed by atoms with E-state index in [2.05, 4.69) is 24.1 Å². The summed E-state index contributed by atoms with van der Waals surface area (Å²) < 4.78 is 0. The average Bonchev–Trinajstić information content (AvgIpc) is 2.71. The van der Waals surface area contributed by atoms with Crippen molar-refractivity contribution in [2.24, 2.45) is 5.41 Å². The molecule has 1 aliphatic rings. The standard InChI is InChI=1S/C13H17N3S/c1-13(2)6-4-8-14-10(13)12-16-9-5-3-7-15-11(9)17-12/h3,5,7,10,14H,4,6,8H2,1-2H3. The highest BCUT2D eigenvalue weighted by molar-refractivity contribution is 7.18. The lowest BCUT2D eigenvalue weighted by molar-refractivity contribution is 0.181. The number of nitrogens with one attached hydrogen (secondary N) is 1. The molecule has 1 fully saturated rings. The van der Waals surface area contributed by atoms with Crippen LogP contribution in [0.2, 0.25) is 0 Å². The third kappa shape index (κ3) is 1.96. The first-order valence-corrected chi connectivity index (χ1v) is 6.93. The first-order valence-electron chi connectivity index (χ1n) is 6.12. The quantitative estimate of drug-likeness (QED) is 0.841. The number of thiazole rings is 1. The van der Waals surface area contributed by atoms with E-state index in [0.717, 1.165) is 16.9 Å². The van der Waals surface area contributed by atoms with Gasteiger partial charge in [0.2, 0.25) is 0 Å². The number of rotatable bonds is 1. The third-order valence-corrected chi connectivity index (χ3v) is 4.60. The highest BCUT2D eigenvalue weighted by Crippen LogP contribution is 2.41. The van der Waals surface area contributed by atoms with Crippen molar-refractivity contribution in [2.75, 3.05) is 6.54 Å². The van der Waals surface area contributed by atoms with Crippen LogP contribution in [0.4, 0.5) is 0 Å². The molecule has 4 heteroatoms. The molecule has 0 aromatic carbocycles. The molecule has 1 N–H and O–H groups in total. The lowest BCUT2D eigenvalue weighted by Gasteiger charge is -2.38. The highest BCUT2D eigenvalue weighted by atomic mass is 32.1. The summed E-state index contributed by atoms with van der Waals surface area (Å²) >= 11 is 1.72. The maximum absolute atomic E-state index is 4.73. The molecule has 0 radical (unpaired) electrons. The summed E-state index contributed by atoms with van der Waals surface area (Å²) in [5.74, 6) is 0. The van der Waals surface area contributed by atoms with Crippen molar-refractivity contribution in [3.63, 3.8) is 0 Å². The number of pyridine rings is 1. The first kappa shape index (κ1) is 11.1. The summed E-state index contributed by atoms with van der Waals surface area (Å²) in [4.78, 5) is 10.1. The van der Waals surface area contributed by atoms with Crippen molar-refractivity contribution in [1.29, 1.82) is 0 Å². The maximum Gasteiger partial charge on any atom is 0.143 e. The van der Waals surface area contributed by atoms with E-state index in [1.54, 1.807) is 11.3 Å². The van der Waals surface area contributed by atoms with Gasteiger partial charge in [-0.2, -0.15) is 0 Å². The highest BCUT2D eigenvalue weighted by Gasteiger charge is 2.35. The fourth-order valence-electron chi connectivity index (χ4n) is 2.54. The Bertz CT molecular complexity index is 499. The molecule has 2 aromatic rings. The molecule has 1 aliphatic heterocycles. The Morgan fingerprint density at radius 3 is 3.12 bits per heavy atom. The van der Waals surface area contributed by atoms with E-state index in [1.807, 2.05) is 18.3 Å². The van der Waals surface area contributed by atoms with Gasteiger partial charge in [0.05, 0.1) is 6.04 Å². The van der Waals surface area contributed by atoms with Gasteiger partial charge in [0.15, 0.2) is 0 Å². The van der Waals surface area contributed by atoms with Crippen molar-refractivity contribution >= 4 is 21.7 Å². The van der Waals surface area contributed by atoms with Crippen LogP contribution in [-0.2, 0) is 0 Å². The van der Waals surface area contributed by atoms with Crippen LogP contribution >= 0.6 is 11.3 Å². The van der Waals surface area contributed by atoms with Gasteiger partial charge >= 0.3 is 0 Å². The molecule has 1 atom stereocenters. The molecule has 17 heavy (non-hydrogen) atoms. The number of hydrogen-bond acceptors (Lipinski definition) is 4. The van der Waals surface area contributed by atoms with Gasteiger partial charge in [0.1, 0.15) is 15.4 Å². The number of nitrogens with zero attached hydrogens (tertiary/aromatic N) is 2.